The Morgan fingerprint density at radius 3 is 2.38 bits per heavy atom. The van der Waals surface area contributed by atoms with Crippen molar-refractivity contribution in [3.8, 4) is 0 Å². The molecule has 0 aliphatic carbocycles. The van der Waals surface area contributed by atoms with Crippen LogP contribution in [0.3, 0.4) is 0 Å². The number of nitrogens with two attached hydrogens (primary N) is 1. The van der Waals surface area contributed by atoms with E-state index >= 15 is 0 Å². The second-order valence-electron chi connectivity index (χ2n) is 6.25. The van der Waals surface area contributed by atoms with E-state index in [1.807, 2.05) is 30.3 Å². The molecular formula is C19H22N2O4S. The third kappa shape index (κ3) is 3.65. The highest BCUT2D eigenvalue weighted by Crippen LogP contribution is 2.30. The van der Waals surface area contributed by atoms with Gasteiger partial charge in [0.1, 0.15) is 0 Å². The number of nitrogens with zero attached hydrogens (tertiary/aromatic N) is 1. The third-order valence-electron chi connectivity index (χ3n) is 4.56. The van der Waals surface area contributed by atoms with Gasteiger partial charge in [-0.15, -0.1) is 0 Å². The second-order valence-corrected chi connectivity index (χ2v) is 8.19. The topological polar surface area (TPSA) is 89.7 Å². The van der Waals surface area contributed by atoms with Crippen molar-refractivity contribution < 1.29 is 17.9 Å². The highest BCUT2D eigenvalue weighted by Gasteiger charge is 2.38. The van der Waals surface area contributed by atoms with Crippen LogP contribution < -0.4 is 5.73 Å². The molecule has 2 aromatic carbocycles. The summed E-state index contributed by atoms with van der Waals surface area (Å²) in [5, 5.41) is 0. The highest BCUT2D eigenvalue weighted by molar-refractivity contribution is 7.89. The fourth-order valence-corrected chi connectivity index (χ4v) is 4.67. The first-order valence-electron chi connectivity index (χ1n) is 8.51. The average molecular weight is 374 g/mol. The first kappa shape index (κ1) is 18.6. The molecule has 2 atom stereocenters. The van der Waals surface area contributed by atoms with Crippen LogP contribution in [0.2, 0.25) is 0 Å². The average Bonchev–Trinajstić information content (AvgIpc) is 3.05. The lowest BCUT2D eigenvalue weighted by Crippen LogP contribution is -2.32. The molecule has 3 rings (SSSR count). The molecule has 7 heteroatoms. The van der Waals surface area contributed by atoms with Gasteiger partial charge in [0, 0.05) is 25.0 Å². The molecule has 1 fully saturated rings. The lowest BCUT2D eigenvalue weighted by atomic mass is 9.95. The van der Waals surface area contributed by atoms with E-state index < -0.39 is 16.0 Å². The second kappa shape index (κ2) is 7.57. The smallest absolute Gasteiger partial charge is 0.338 e. The van der Waals surface area contributed by atoms with Gasteiger partial charge in [0.15, 0.2) is 0 Å². The SMILES string of the molecule is CCOC(=O)c1ccc(S(=O)(=O)N2C[C@@H](N)[C@H](c3ccccc3)C2)cc1. The first-order valence-corrected chi connectivity index (χ1v) is 9.95. The van der Waals surface area contributed by atoms with Crippen LogP contribution in [0.4, 0.5) is 0 Å². The van der Waals surface area contributed by atoms with Crippen molar-refractivity contribution >= 4 is 16.0 Å². The molecule has 0 radical (unpaired) electrons. The Balaban J connectivity index is 1.79. The number of benzene rings is 2. The number of sulfonamides is 1. The van der Waals surface area contributed by atoms with Gasteiger partial charge in [-0.2, -0.15) is 4.31 Å². The summed E-state index contributed by atoms with van der Waals surface area (Å²) in [6.45, 7) is 2.59. The Morgan fingerprint density at radius 2 is 1.77 bits per heavy atom. The molecule has 1 saturated heterocycles. The van der Waals surface area contributed by atoms with Gasteiger partial charge in [0.05, 0.1) is 17.1 Å². The number of carbonyl (C=O) groups excluding carboxylic acids is 1. The summed E-state index contributed by atoms with van der Waals surface area (Å²) in [6, 6.07) is 15.2. The van der Waals surface area contributed by atoms with E-state index in [4.69, 9.17) is 10.5 Å². The van der Waals surface area contributed by atoms with Crippen LogP contribution in [0, 0.1) is 0 Å². The summed E-state index contributed by atoms with van der Waals surface area (Å²) >= 11 is 0. The Hall–Kier alpha value is -2.22. The summed E-state index contributed by atoms with van der Waals surface area (Å²) in [6.07, 6.45) is 0. The lowest BCUT2D eigenvalue weighted by Gasteiger charge is -2.17. The maximum Gasteiger partial charge on any atom is 0.338 e. The van der Waals surface area contributed by atoms with Crippen LogP contribution >= 0.6 is 0 Å². The minimum Gasteiger partial charge on any atom is -0.462 e. The summed E-state index contributed by atoms with van der Waals surface area (Å²) in [7, 11) is -3.67. The summed E-state index contributed by atoms with van der Waals surface area (Å²) < 4.78 is 32.2. The molecule has 0 aromatic heterocycles. The molecule has 2 aromatic rings. The summed E-state index contributed by atoms with van der Waals surface area (Å²) in [5.74, 6) is -0.506. The van der Waals surface area contributed by atoms with Crippen molar-refractivity contribution in [1.82, 2.24) is 4.31 Å². The lowest BCUT2D eigenvalue weighted by molar-refractivity contribution is 0.0526. The molecular weight excluding hydrogens is 352 g/mol. The molecule has 26 heavy (non-hydrogen) atoms. The summed E-state index contributed by atoms with van der Waals surface area (Å²) in [4.78, 5) is 11.9. The maximum absolute atomic E-state index is 12.9. The van der Waals surface area contributed by atoms with E-state index in [-0.39, 0.29) is 30.0 Å². The van der Waals surface area contributed by atoms with Crippen LogP contribution in [0.25, 0.3) is 0 Å². The molecule has 1 aliphatic rings. The predicted molar refractivity (Wildman–Crippen MR) is 98.3 cm³/mol. The molecule has 2 N–H and O–H groups in total. The van der Waals surface area contributed by atoms with Crippen LogP contribution in [0.1, 0.15) is 28.8 Å². The molecule has 0 amide bonds. The minimum absolute atomic E-state index is 0.0372. The molecule has 1 aliphatic heterocycles. The molecule has 6 nitrogen and oxygen atoms in total. The van der Waals surface area contributed by atoms with Gasteiger partial charge in [-0.1, -0.05) is 30.3 Å². The minimum atomic E-state index is -3.67. The van der Waals surface area contributed by atoms with Crippen molar-refractivity contribution in [2.75, 3.05) is 19.7 Å². The van der Waals surface area contributed by atoms with Crippen LogP contribution in [0.5, 0.6) is 0 Å². The third-order valence-corrected chi connectivity index (χ3v) is 6.41. The Kier molecular flexibility index (Phi) is 5.41. The Bertz CT molecular complexity index is 866. The van der Waals surface area contributed by atoms with E-state index in [1.54, 1.807) is 6.92 Å². The van der Waals surface area contributed by atoms with Crippen molar-refractivity contribution in [1.29, 1.82) is 0 Å². The molecule has 0 spiro atoms. The largest absolute Gasteiger partial charge is 0.462 e. The zero-order valence-corrected chi connectivity index (χ0v) is 15.4. The van der Waals surface area contributed by atoms with Gasteiger partial charge >= 0.3 is 5.97 Å². The summed E-state index contributed by atoms with van der Waals surface area (Å²) in [5.41, 5.74) is 7.57. The van der Waals surface area contributed by atoms with Crippen LogP contribution in [0.15, 0.2) is 59.5 Å². The van der Waals surface area contributed by atoms with Gasteiger partial charge in [-0.05, 0) is 36.8 Å². The van der Waals surface area contributed by atoms with E-state index in [2.05, 4.69) is 0 Å². The van der Waals surface area contributed by atoms with Crippen molar-refractivity contribution in [3.63, 3.8) is 0 Å². The molecule has 138 valence electrons. The van der Waals surface area contributed by atoms with Gasteiger partial charge in [-0.3, -0.25) is 0 Å². The normalized spacial score (nSPS) is 20.8. The fraction of sp³-hybridized carbons (Fsp3) is 0.316. The van der Waals surface area contributed by atoms with Crippen LogP contribution in [-0.4, -0.2) is 44.4 Å². The van der Waals surface area contributed by atoms with Gasteiger partial charge in [-0.25, -0.2) is 13.2 Å². The quantitative estimate of drug-likeness (QED) is 0.808. The van der Waals surface area contributed by atoms with Crippen molar-refractivity contribution in [2.24, 2.45) is 5.73 Å². The number of ether oxygens (including phenoxy) is 1. The van der Waals surface area contributed by atoms with Gasteiger partial charge in [0.2, 0.25) is 10.0 Å². The van der Waals surface area contributed by atoms with Crippen LogP contribution in [-0.2, 0) is 14.8 Å². The van der Waals surface area contributed by atoms with Gasteiger partial charge < -0.3 is 10.5 Å². The molecule has 1 heterocycles. The van der Waals surface area contributed by atoms with E-state index in [1.165, 1.54) is 28.6 Å². The fourth-order valence-electron chi connectivity index (χ4n) is 3.17. The zero-order valence-electron chi connectivity index (χ0n) is 14.5. The van der Waals surface area contributed by atoms with Gasteiger partial charge in [0.25, 0.3) is 0 Å². The number of carbonyl (C=O) groups is 1. The number of hydrogen-bond acceptors (Lipinski definition) is 5. The Labute approximate surface area is 153 Å². The standard InChI is InChI=1S/C19H22N2O4S/c1-2-25-19(22)15-8-10-16(11-9-15)26(23,24)21-12-17(18(20)13-21)14-6-4-3-5-7-14/h3-11,17-18H,2,12-13,20H2,1H3/t17-,18+/m0/s1. The van der Waals surface area contributed by atoms with Crippen molar-refractivity contribution in [3.05, 3.63) is 65.7 Å². The Morgan fingerprint density at radius 1 is 1.12 bits per heavy atom. The maximum atomic E-state index is 12.9. The highest BCUT2D eigenvalue weighted by atomic mass is 32.2. The number of rotatable bonds is 5. The molecule has 0 bridgehead atoms. The zero-order chi connectivity index (χ0) is 18.7. The first-order chi connectivity index (χ1) is 12.4. The molecule has 0 saturated carbocycles. The van der Waals surface area contributed by atoms with E-state index in [0.717, 1.165) is 5.56 Å². The van der Waals surface area contributed by atoms with E-state index in [9.17, 15) is 13.2 Å². The number of hydrogen-bond donors (Lipinski definition) is 1. The predicted octanol–water partition coefficient (Wildman–Crippen LogP) is 1.98. The number of esters is 1. The van der Waals surface area contributed by atoms with Crippen molar-refractivity contribution in [2.45, 2.75) is 23.8 Å². The van der Waals surface area contributed by atoms with E-state index in [0.29, 0.717) is 12.1 Å². The molecule has 0 unspecified atom stereocenters. The monoisotopic (exact) mass is 374 g/mol.